The summed E-state index contributed by atoms with van der Waals surface area (Å²) in [7, 11) is 0. The van der Waals surface area contributed by atoms with Crippen LogP contribution in [0, 0.1) is 5.92 Å². The van der Waals surface area contributed by atoms with E-state index in [1.807, 2.05) is 54.6 Å². The number of carbonyl (C=O) groups is 1. The van der Waals surface area contributed by atoms with Gasteiger partial charge >= 0.3 is 0 Å². The molecule has 0 aliphatic heterocycles. The van der Waals surface area contributed by atoms with Crippen LogP contribution in [0.5, 0.6) is 0 Å². The van der Waals surface area contributed by atoms with Crippen molar-refractivity contribution in [3.05, 3.63) is 75.9 Å². The Labute approximate surface area is 205 Å². The van der Waals surface area contributed by atoms with Crippen LogP contribution in [-0.4, -0.2) is 20.5 Å². The second kappa shape index (κ2) is 9.53. The molecule has 0 atom stereocenters. The molecule has 6 nitrogen and oxygen atoms in total. The Morgan fingerprint density at radius 1 is 1.12 bits per heavy atom. The zero-order chi connectivity index (χ0) is 22.8. The number of hydrogen-bond donors (Lipinski definition) is 2. The molecule has 0 saturated heterocycles. The Morgan fingerprint density at radius 2 is 1.94 bits per heavy atom. The topological polar surface area (TPSA) is 71.3 Å². The number of aromatic nitrogens is 3. The van der Waals surface area contributed by atoms with Gasteiger partial charge in [-0.15, -0.1) is 0 Å². The van der Waals surface area contributed by atoms with Crippen molar-refractivity contribution in [2.75, 3.05) is 10.6 Å². The third kappa shape index (κ3) is 4.75. The van der Waals surface area contributed by atoms with Crippen LogP contribution < -0.4 is 10.6 Å². The van der Waals surface area contributed by atoms with Crippen LogP contribution in [0.4, 0.5) is 11.5 Å². The van der Waals surface area contributed by atoms with Crippen molar-refractivity contribution < 1.29 is 4.79 Å². The Bertz CT molecular complexity index is 1320. The van der Waals surface area contributed by atoms with Gasteiger partial charge in [0.25, 0.3) is 0 Å². The summed E-state index contributed by atoms with van der Waals surface area (Å²) >= 11 is 9.96. The maximum absolute atomic E-state index is 12.5. The van der Waals surface area contributed by atoms with Crippen LogP contribution in [0.25, 0.3) is 16.9 Å². The number of anilines is 2. The van der Waals surface area contributed by atoms with Gasteiger partial charge in [0.15, 0.2) is 5.65 Å². The first-order chi connectivity index (χ1) is 16.1. The minimum absolute atomic E-state index is 0.124. The lowest BCUT2D eigenvalue weighted by atomic mass is 10.1. The van der Waals surface area contributed by atoms with Gasteiger partial charge in [0, 0.05) is 34.8 Å². The molecule has 2 N–H and O–H groups in total. The number of nitrogens with zero attached hydrogens (tertiary/aromatic N) is 3. The second-order valence-electron chi connectivity index (χ2n) is 8.26. The fourth-order valence-electron chi connectivity index (χ4n) is 4.25. The van der Waals surface area contributed by atoms with Crippen molar-refractivity contribution in [3.63, 3.8) is 0 Å². The van der Waals surface area contributed by atoms with Gasteiger partial charge in [0.1, 0.15) is 5.82 Å². The molecule has 1 saturated carbocycles. The third-order valence-corrected chi connectivity index (χ3v) is 6.86. The molecule has 2 aromatic heterocycles. The number of halogens is 2. The Kier molecular flexibility index (Phi) is 6.33. The highest BCUT2D eigenvalue weighted by atomic mass is 79.9. The molecule has 33 heavy (non-hydrogen) atoms. The zero-order valence-corrected chi connectivity index (χ0v) is 20.2. The molecule has 2 heterocycles. The summed E-state index contributed by atoms with van der Waals surface area (Å²) < 4.78 is 2.56. The van der Waals surface area contributed by atoms with Gasteiger partial charge in [-0.25, -0.2) is 4.98 Å². The smallest absolute Gasteiger partial charge is 0.227 e. The first-order valence-corrected chi connectivity index (χ1v) is 12.2. The quantitative estimate of drug-likeness (QED) is 0.300. The molecule has 4 aromatic rings. The number of fused-ring (bicyclic) bond motifs is 1. The van der Waals surface area contributed by atoms with Gasteiger partial charge in [0.2, 0.25) is 5.91 Å². The molecule has 1 amide bonds. The van der Waals surface area contributed by atoms with Crippen LogP contribution >= 0.6 is 27.5 Å². The van der Waals surface area contributed by atoms with E-state index in [4.69, 9.17) is 16.6 Å². The molecular formula is C25H23BrClN5O. The number of amides is 1. The lowest BCUT2D eigenvalue weighted by Gasteiger charge is -2.13. The van der Waals surface area contributed by atoms with Crippen molar-refractivity contribution >= 4 is 50.6 Å². The summed E-state index contributed by atoms with van der Waals surface area (Å²) in [6.07, 6.45) is 5.98. The molecular weight excluding hydrogens is 502 g/mol. The number of carbonyl (C=O) groups excluding carboxylic acids is 1. The lowest BCUT2D eigenvalue weighted by molar-refractivity contribution is -0.119. The molecule has 1 aliphatic rings. The Balaban J connectivity index is 1.38. The van der Waals surface area contributed by atoms with E-state index in [9.17, 15) is 4.79 Å². The van der Waals surface area contributed by atoms with Gasteiger partial charge in [-0.3, -0.25) is 4.79 Å². The minimum atomic E-state index is 0.124. The fourth-order valence-corrected chi connectivity index (χ4v) is 4.83. The highest BCUT2D eigenvalue weighted by molar-refractivity contribution is 9.10. The van der Waals surface area contributed by atoms with E-state index < -0.39 is 0 Å². The monoisotopic (exact) mass is 523 g/mol. The van der Waals surface area contributed by atoms with E-state index in [1.165, 1.54) is 0 Å². The molecule has 8 heteroatoms. The molecule has 0 unspecified atom stereocenters. The van der Waals surface area contributed by atoms with E-state index in [-0.39, 0.29) is 11.8 Å². The third-order valence-electron chi connectivity index (χ3n) is 5.97. The lowest BCUT2D eigenvalue weighted by Crippen LogP contribution is -2.20. The molecule has 168 valence electrons. The number of hydrogen-bond acceptors (Lipinski definition) is 4. The summed E-state index contributed by atoms with van der Waals surface area (Å²) in [5.74, 6) is 1.05. The molecule has 2 aromatic carbocycles. The average molecular weight is 525 g/mol. The maximum atomic E-state index is 12.5. The van der Waals surface area contributed by atoms with Gasteiger partial charge in [0.05, 0.1) is 16.4 Å². The Morgan fingerprint density at radius 3 is 2.76 bits per heavy atom. The maximum Gasteiger partial charge on any atom is 0.227 e. The van der Waals surface area contributed by atoms with Gasteiger partial charge in [-0.2, -0.15) is 9.61 Å². The first-order valence-electron chi connectivity index (χ1n) is 11.0. The van der Waals surface area contributed by atoms with E-state index >= 15 is 0 Å². The fraction of sp³-hybridized carbons (Fsp3) is 0.240. The van der Waals surface area contributed by atoms with Crippen LogP contribution in [0.3, 0.4) is 0 Å². The zero-order valence-electron chi connectivity index (χ0n) is 17.9. The largest absolute Gasteiger partial charge is 0.366 e. The molecule has 1 aliphatic carbocycles. The summed E-state index contributed by atoms with van der Waals surface area (Å²) in [6, 6.07) is 17.5. The van der Waals surface area contributed by atoms with Crippen LogP contribution in [0.1, 0.15) is 31.2 Å². The van der Waals surface area contributed by atoms with Crippen molar-refractivity contribution in [1.82, 2.24) is 14.6 Å². The Hall–Kier alpha value is -2.90. The van der Waals surface area contributed by atoms with E-state index in [0.29, 0.717) is 17.2 Å². The van der Waals surface area contributed by atoms with Gasteiger partial charge in [-0.1, -0.05) is 54.8 Å². The first kappa shape index (κ1) is 21.9. The van der Waals surface area contributed by atoms with Crippen LogP contribution in [0.15, 0.2) is 65.3 Å². The molecule has 1 fully saturated rings. The minimum Gasteiger partial charge on any atom is -0.366 e. The molecule has 5 rings (SSSR count). The average Bonchev–Trinajstić information content (AvgIpc) is 3.49. The van der Waals surface area contributed by atoms with Gasteiger partial charge < -0.3 is 10.6 Å². The number of benzene rings is 2. The SMILES string of the molecule is O=C(Nc1cccc(CNc2cc(-c3ccccc3Cl)nc3c(Br)cnn23)c1)C1CCCC1. The van der Waals surface area contributed by atoms with Crippen LogP contribution in [-0.2, 0) is 11.3 Å². The highest BCUT2D eigenvalue weighted by Crippen LogP contribution is 2.31. The van der Waals surface area contributed by atoms with Gasteiger partial charge in [-0.05, 0) is 52.5 Å². The van der Waals surface area contributed by atoms with Crippen LogP contribution in [0.2, 0.25) is 5.02 Å². The van der Waals surface area contributed by atoms with E-state index in [0.717, 1.165) is 58.5 Å². The van der Waals surface area contributed by atoms with Crippen molar-refractivity contribution in [1.29, 1.82) is 0 Å². The molecule has 0 bridgehead atoms. The van der Waals surface area contributed by atoms with Crippen molar-refractivity contribution in [2.45, 2.75) is 32.2 Å². The summed E-state index contributed by atoms with van der Waals surface area (Å²) in [6.45, 7) is 0.561. The second-order valence-corrected chi connectivity index (χ2v) is 9.52. The van der Waals surface area contributed by atoms with E-state index in [1.54, 1.807) is 10.7 Å². The highest BCUT2D eigenvalue weighted by Gasteiger charge is 2.22. The summed E-state index contributed by atoms with van der Waals surface area (Å²) in [5.41, 5.74) is 4.19. The number of nitrogens with one attached hydrogen (secondary N) is 2. The predicted octanol–water partition coefficient (Wildman–Crippen LogP) is 6.55. The predicted molar refractivity (Wildman–Crippen MR) is 135 cm³/mol. The molecule has 0 radical (unpaired) electrons. The summed E-state index contributed by atoms with van der Waals surface area (Å²) in [4.78, 5) is 17.2. The van der Waals surface area contributed by atoms with Crippen molar-refractivity contribution in [2.24, 2.45) is 5.92 Å². The number of rotatable bonds is 6. The van der Waals surface area contributed by atoms with E-state index in [2.05, 4.69) is 31.7 Å². The van der Waals surface area contributed by atoms with Crippen molar-refractivity contribution in [3.8, 4) is 11.3 Å². The normalized spacial score (nSPS) is 14.0. The summed E-state index contributed by atoms with van der Waals surface area (Å²) in [5, 5.41) is 11.6. The molecule has 0 spiro atoms. The standard InChI is InChI=1S/C25H23BrClN5O/c26-20-15-29-32-23(13-22(31-24(20)32)19-10-3-4-11-21(19)27)28-14-16-6-5-9-18(12-16)30-25(33)17-7-1-2-8-17/h3-6,9-13,15,17,28H,1-2,7-8,14H2,(H,30,33).